The first-order valence-electron chi connectivity index (χ1n) is 4.42. The van der Waals surface area contributed by atoms with E-state index >= 15 is 0 Å². The van der Waals surface area contributed by atoms with Crippen molar-refractivity contribution in [1.29, 1.82) is 0 Å². The summed E-state index contributed by atoms with van der Waals surface area (Å²) in [6, 6.07) is 10.0. The second kappa shape index (κ2) is 5.40. The van der Waals surface area contributed by atoms with Crippen molar-refractivity contribution in [1.82, 2.24) is 0 Å². The maximum atomic E-state index is 6.12. The molecule has 1 atom stereocenters. The highest BCUT2D eigenvalue weighted by Crippen LogP contribution is 2.41. The highest BCUT2D eigenvalue weighted by Gasteiger charge is 2.16. The zero-order valence-electron chi connectivity index (χ0n) is 7.88. The van der Waals surface area contributed by atoms with Crippen molar-refractivity contribution in [3.05, 3.63) is 54.6 Å². The smallest absolute Gasteiger partial charge is 0.0990 e. The lowest BCUT2D eigenvalue weighted by molar-refractivity contribution is 1.19. The number of hydrogen-bond donors (Lipinski definition) is 0. The summed E-state index contributed by atoms with van der Waals surface area (Å²) in [6.45, 7) is 0. The third-order valence-corrected chi connectivity index (χ3v) is 5.19. The highest BCUT2D eigenvalue weighted by atomic mass is 79.9. The van der Waals surface area contributed by atoms with E-state index in [0.29, 0.717) is 4.34 Å². The summed E-state index contributed by atoms with van der Waals surface area (Å²) in [6.07, 6.45) is 0. The molecule has 0 saturated heterocycles. The molecule has 1 unspecified atom stereocenters. The van der Waals surface area contributed by atoms with Crippen molar-refractivity contribution in [2.75, 3.05) is 0 Å². The van der Waals surface area contributed by atoms with Gasteiger partial charge in [0.2, 0.25) is 0 Å². The molecular weight excluding hydrogens is 395 g/mol. The number of benzene rings is 1. The van der Waals surface area contributed by atoms with Crippen LogP contribution in [0.3, 0.4) is 0 Å². The summed E-state index contributed by atoms with van der Waals surface area (Å²) in [5.74, 6) is 0. The molecule has 0 aliphatic carbocycles. The van der Waals surface area contributed by atoms with Gasteiger partial charge in [-0.15, -0.1) is 11.3 Å². The molecule has 0 aliphatic heterocycles. The average molecular weight is 401 g/mol. The topological polar surface area (TPSA) is 0 Å². The van der Waals surface area contributed by atoms with Crippen LogP contribution >= 0.6 is 66.4 Å². The van der Waals surface area contributed by atoms with Crippen LogP contribution in [0, 0.1) is 0 Å². The van der Waals surface area contributed by atoms with Crippen LogP contribution < -0.4 is 0 Å². The second-order valence-corrected chi connectivity index (χ2v) is 7.31. The van der Waals surface area contributed by atoms with Crippen LogP contribution in [0.5, 0.6) is 0 Å². The van der Waals surface area contributed by atoms with Gasteiger partial charge < -0.3 is 0 Å². The number of alkyl halides is 1. The average Bonchev–Trinajstić information content (AvgIpc) is 2.58. The van der Waals surface area contributed by atoms with Gasteiger partial charge in [-0.1, -0.05) is 67.2 Å². The van der Waals surface area contributed by atoms with E-state index < -0.39 is 0 Å². The lowest BCUT2D eigenvalue weighted by atomic mass is 10.1. The molecule has 0 aliphatic rings. The number of thiophene rings is 1. The Morgan fingerprint density at radius 2 is 1.75 bits per heavy atom. The minimum atomic E-state index is 0.0804. The van der Waals surface area contributed by atoms with Gasteiger partial charge in [0.15, 0.2) is 0 Å². The Bertz CT molecular complexity index is 493. The van der Waals surface area contributed by atoms with E-state index in [4.69, 9.17) is 23.2 Å². The molecule has 1 aromatic carbocycles. The summed E-state index contributed by atoms with van der Waals surface area (Å²) in [7, 11) is 0. The van der Waals surface area contributed by atoms with E-state index in [1.165, 1.54) is 11.3 Å². The fraction of sp³-hybridized carbons (Fsp3) is 0.0909. The maximum absolute atomic E-state index is 6.12. The number of rotatable bonds is 2. The SMILES string of the molecule is Clc1cc(C(Br)c2ccc(Br)cc2)c(Cl)s1. The van der Waals surface area contributed by atoms with Crippen LogP contribution in [0.25, 0.3) is 0 Å². The van der Waals surface area contributed by atoms with Crippen LogP contribution in [0.1, 0.15) is 16.0 Å². The second-order valence-electron chi connectivity index (χ2n) is 3.19. The quantitative estimate of drug-likeness (QED) is 0.519. The lowest BCUT2D eigenvalue weighted by Gasteiger charge is -2.09. The van der Waals surface area contributed by atoms with Gasteiger partial charge in [-0.25, -0.2) is 0 Å². The van der Waals surface area contributed by atoms with Gasteiger partial charge in [0.05, 0.1) is 13.5 Å². The molecule has 0 fully saturated rings. The Morgan fingerprint density at radius 1 is 1.12 bits per heavy atom. The maximum Gasteiger partial charge on any atom is 0.0990 e. The van der Waals surface area contributed by atoms with Gasteiger partial charge in [0, 0.05) is 10.0 Å². The molecule has 84 valence electrons. The van der Waals surface area contributed by atoms with Crippen LogP contribution in [0.4, 0.5) is 0 Å². The summed E-state index contributed by atoms with van der Waals surface area (Å²) in [4.78, 5) is 0.0804. The van der Waals surface area contributed by atoms with Crippen LogP contribution in [-0.4, -0.2) is 0 Å². The predicted molar refractivity (Wildman–Crippen MR) is 79.3 cm³/mol. The van der Waals surface area contributed by atoms with Crippen LogP contribution in [0.15, 0.2) is 34.8 Å². The molecule has 2 aromatic rings. The molecule has 0 spiro atoms. The minimum Gasteiger partial charge on any atom is -0.111 e. The van der Waals surface area contributed by atoms with E-state index in [-0.39, 0.29) is 4.83 Å². The van der Waals surface area contributed by atoms with Crippen LogP contribution in [0.2, 0.25) is 8.67 Å². The van der Waals surface area contributed by atoms with E-state index in [0.717, 1.165) is 19.9 Å². The Balaban J connectivity index is 2.35. The molecule has 0 saturated carbocycles. The fourth-order valence-corrected chi connectivity index (χ4v) is 4.08. The Kier molecular flexibility index (Phi) is 4.36. The van der Waals surface area contributed by atoms with Crippen molar-refractivity contribution >= 4 is 66.4 Å². The molecule has 2 rings (SSSR count). The summed E-state index contributed by atoms with van der Waals surface area (Å²) >= 11 is 20.5. The van der Waals surface area contributed by atoms with E-state index in [2.05, 4.69) is 31.9 Å². The molecule has 1 aromatic heterocycles. The number of halogens is 4. The highest BCUT2D eigenvalue weighted by molar-refractivity contribution is 9.10. The summed E-state index contributed by atoms with van der Waals surface area (Å²) in [5.41, 5.74) is 2.17. The normalized spacial score (nSPS) is 12.8. The van der Waals surface area contributed by atoms with Gasteiger partial charge in [0.1, 0.15) is 0 Å². The van der Waals surface area contributed by atoms with Crippen molar-refractivity contribution in [3.8, 4) is 0 Å². The molecule has 0 nitrogen and oxygen atoms in total. The van der Waals surface area contributed by atoms with Crippen molar-refractivity contribution < 1.29 is 0 Å². The van der Waals surface area contributed by atoms with E-state index in [1.54, 1.807) is 0 Å². The zero-order valence-corrected chi connectivity index (χ0v) is 13.4. The van der Waals surface area contributed by atoms with Gasteiger partial charge >= 0.3 is 0 Å². The Hall–Kier alpha value is 0.460. The Morgan fingerprint density at radius 3 is 2.25 bits per heavy atom. The molecule has 0 radical (unpaired) electrons. The van der Waals surface area contributed by atoms with Gasteiger partial charge in [-0.05, 0) is 23.8 Å². The van der Waals surface area contributed by atoms with Crippen molar-refractivity contribution in [2.24, 2.45) is 0 Å². The van der Waals surface area contributed by atoms with Crippen molar-refractivity contribution in [3.63, 3.8) is 0 Å². The molecule has 1 heterocycles. The van der Waals surface area contributed by atoms with Crippen molar-refractivity contribution in [2.45, 2.75) is 4.83 Å². The molecule has 16 heavy (non-hydrogen) atoms. The van der Waals surface area contributed by atoms with Gasteiger partial charge in [-0.2, -0.15) is 0 Å². The first-order valence-corrected chi connectivity index (χ1v) is 7.70. The predicted octanol–water partition coefficient (Wildman–Crippen LogP) is 6.30. The third-order valence-electron chi connectivity index (χ3n) is 2.12. The standard InChI is InChI=1S/C11H6Br2Cl2S/c12-7-3-1-6(2-4-7)10(13)8-5-9(14)16-11(8)15/h1-5,10H. The first kappa shape index (κ1) is 12.9. The summed E-state index contributed by atoms with van der Waals surface area (Å²) in [5, 5.41) is 0. The first-order chi connectivity index (χ1) is 7.58. The third kappa shape index (κ3) is 2.82. The molecule has 0 bridgehead atoms. The summed E-state index contributed by atoms with van der Waals surface area (Å²) < 4.78 is 2.50. The van der Waals surface area contributed by atoms with E-state index in [9.17, 15) is 0 Å². The Labute approximate surface area is 125 Å². The minimum absolute atomic E-state index is 0.0804. The monoisotopic (exact) mass is 398 g/mol. The lowest BCUT2D eigenvalue weighted by Crippen LogP contribution is -1.90. The van der Waals surface area contributed by atoms with Gasteiger partial charge in [0.25, 0.3) is 0 Å². The molecular formula is C11H6Br2Cl2S. The van der Waals surface area contributed by atoms with Crippen LogP contribution in [-0.2, 0) is 0 Å². The number of hydrogen-bond acceptors (Lipinski definition) is 1. The van der Waals surface area contributed by atoms with E-state index in [1.807, 2.05) is 30.3 Å². The molecule has 5 heteroatoms. The van der Waals surface area contributed by atoms with Gasteiger partial charge in [-0.3, -0.25) is 0 Å². The fourth-order valence-electron chi connectivity index (χ4n) is 1.34. The zero-order chi connectivity index (χ0) is 11.7. The molecule has 0 amide bonds. The molecule has 0 N–H and O–H groups in total. The largest absolute Gasteiger partial charge is 0.111 e.